The van der Waals surface area contributed by atoms with Gasteiger partial charge in [0.1, 0.15) is 6.10 Å². The zero-order valence-electron chi connectivity index (χ0n) is 5.66. The molecule has 10 heavy (non-hydrogen) atoms. The normalized spacial score (nSPS) is 13.5. The summed E-state index contributed by atoms with van der Waals surface area (Å²) in [5, 5.41) is 13.8. The van der Waals surface area contributed by atoms with Crippen LogP contribution in [0.25, 0.3) is 0 Å². The van der Waals surface area contributed by atoms with Crippen LogP contribution in [0.15, 0.2) is 12.3 Å². The lowest BCUT2D eigenvalue weighted by Gasteiger charge is -2.05. The van der Waals surface area contributed by atoms with Crippen LogP contribution in [0.5, 0.6) is 0 Å². The second-order valence-corrected chi connectivity index (χ2v) is 2.70. The number of aryl methyl sites for hydroxylation is 1. The first-order chi connectivity index (χ1) is 4.75. The van der Waals surface area contributed by atoms with Gasteiger partial charge in [0, 0.05) is 18.6 Å². The predicted octanol–water partition coefficient (Wildman–Crippen LogP) is 0.848. The Kier molecular flexibility index (Phi) is 2.45. The van der Waals surface area contributed by atoms with Crippen LogP contribution in [0.2, 0.25) is 0 Å². The molecule has 1 aromatic heterocycles. The van der Waals surface area contributed by atoms with Crippen molar-refractivity contribution in [2.24, 2.45) is 7.05 Å². The van der Waals surface area contributed by atoms with E-state index in [-0.39, 0.29) is 0 Å². The summed E-state index contributed by atoms with van der Waals surface area (Å²) in [6.07, 6.45) is 1.22. The maximum atomic E-state index is 9.29. The Labute approximate surface area is 67.8 Å². The number of aromatic nitrogens is 2. The summed E-state index contributed by atoms with van der Waals surface area (Å²) in [7, 11) is 1.81. The lowest BCUT2D eigenvalue weighted by Crippen LogP contribution is -2.05. The molecule has 1 aromatic rings. The molecule has 0 aliphatic rings. The highest BCUT2D eigenvalue weighted by Crippen LogP contribution is 2.12. The Bertz CT molecular complexity index is 211. The third-order valence-corrected chi connectivity index (χ3v) is 1.96. The smallest absolute Gasteiger partial charge is 0.105 e. The minimum absolute atomic E-state index is 0.451. The van der Waals surface area contributed by atoms with Crippen molar-refractivity contribution in [2.75, 3.05) is 5.33 Å². The minimum Gasteiger partial charge on any atom is -0.386 e. The van der Waals surface area contributed by atoms with E-state index in [1.54, 1.807) is 24.0 Å². The lowest BCUT2D eigenvalue weighted by atomic mass is 10.3. The molecule has 1 unspecified atom stereocenters. The van der Waals surface area contributed by atoms with Crippen molar-refractivity contribution in [1.82, 2.24) is 9.78 Å². The van der Waals surface area contributed by atoms with Gasteiger partial charge in [-0.05, 0) is 6.07 Å². The van der Waals surface area contributed by atoms with Gasteiger partial charge in [-0.3, -0.25) is 4.68 Å². The van der Waals surface area contributed by atoms with Gasteiger partial charge in [0.15, 0.2) is 0 Å². The van der Waals surface area contributed by atoms with Crippen molar-refractivity contribution in [1.29, 1.82) is 0 Å². The predicted molar refractivity (Wildman–Crippen MR) is 42.0 cm³/mol. The topological polar surface area (TPSA) is 38.0 Å². The largest absolute Gasteiger partial charge is 0.386 e. The summed E-state index contributed by atoms with van der Waals surface area (Å²) in [5.74, 6) is 0. The van der Waals surface area contributed by atoms with Crippen molar-refractivity contribution < 1.29 is 5.11 Å². The molecule has 56 valence electrons. The maximum Gasteiger partial charge on any atom is 0.105 e. The molecule has 0 aliphatic carbocycles. The first kappa shape index (κ1) is 7.75. The van der Waals surface area contributed by atoms with Gasteiger partial charge in [0.05, 0.1) is 5.69 Å². The highest BCUT2D eigenvalue weighted by molar-refractivity contribution is 9.09. The third kappa shape index (κ3) is 1.38. The molecule has 0 saturated heterocycles. The summed E-state index contributed by atoms with van der Waals surface area (Å²) in [4.78, 5) is 0. The first-order valence-electron chi connectivity index (χ1n) is 2.97. The van der Waals surface area contributed by atoms with Crippen molar-refractivity contribution in [3.8, 4) is 0 Å². The molecule has 1 atom stereocenters. The van der Waals surface area contributed by atoms with Gasteiger partial charge in [-0.1, -0.05) is 15.9 Å². The van der Waals surface area contributed by atoms with Gasteiger partial charge in [-0.15, -0.1) is 0 Å². The average molecular weight is 205 g/mol. The van der Waals surface area contributed by atoms with Gasteiger partial charge in [0.2, 0.25) is 0 Å². The van der Waals surface area contributed by atoms with Crippen LogP contribution in [-0.2, 0) is 7.05 Å². The quantitative estimate of drug-likeness (QED) is 0.726. The Morgan fingerprint density at radius 3 is 3.00 bits per heavy atom. The van der Waals surface area contributed by atoms with E-state index in [0.717, 1.165) is 5.69 Å². The summed E-state index contributed by atoms with van der Waals surface area (Å²) in [5.41, 5.74) is 0.830. The van der Waals surface area contributed by atoms with Crippen molar-refractivity contribution in [3.05, 3.63) is 18.0 Å². The van der Waals surface area contributed by atoms with E-state index in [4.69, 9.17) is 0 Å². The molecule has 0 amide bonds. The zero-order valence-corrected chi connectivity index (χ0v) is 7.24. The van der Waals surface area contributed by atoms with Crippen LogP contribution in [0.3, 0.4) is 0 Å². The van der Waals surface area contributed by atoms with E-state index in [0.29, 0.717) is 5.33 Å². The van der Waals surface area contributed by atoms with Gasteiger partial charge in [0.25, 0.3) is 0 Å². The molecule has 0 saturated carbocycles. The SMILES string of the molecule is Cn1nccc1C(O)CBr. The first-order valence-corrected chi connectivity index (χ1v) is 4.09. The fourth-order valence-electron chi connectivity index (χ4n) is 0.790. The van der Waals surface area contributed by atoms with E-state index in [2.05, 4.69) is 21.0 Å². The van der Waals surface area contributed by atoms with E-state index in [9.17, 15) is 5.11 Å². The van der Waals surface area contributed by atoms with Gasteiger partial charge in [-0.2, -0.15) is 5.10 Å². The van der Waals surface area contributed by atoms with Crippen LogP contribution in [0.1, 0.15) is 11.8 Å². The maximum absolute atomic E-state index is 9.29. The Morgan fingerprint density at radius 1 is 1.90 bits per heavy atom. The van der Waals surface area contributed by atoms with Crippen LogP contribution < -0.4 is 0 Å². The van der Waals surface area contributed by atoms with Crippen LogP contribution >= 0.6 is 15.9 Å². The number of halogens is 1. The van der Waals surface area contributed by atoms with E-state index >= 15 is 0 Å². The van der Waals surface area contributed by atoms with Gasteiger partial charge < -0.3 is 5.11 Å². The van der Waals surface area contributed by atoms with Gasteiger partial charge >= 0.3 is 0 Å². The van der Waals surface area contributed by atoms with Crippen LogP contribution in [0, 0.1) is 0 Å². The minimum atomic E-state index is -0.451. The second-order valence-electron chi connectivity index (χ2n) is 2.05. The molecule has 1 heterocycles. The molecular formula is C6H9BrN2O. The number of rotatable bonds is 2. The van der Waals surface area contributed by atoms with E-state index in [1.807, 2.05) is 0 Å². The molecule has 3 nitrogen and oxygen atoms in total. The Morgan fingerprint density at radius 2 is 2.60 bits per heavy atom. The molecule has 0 bridgehead atoms. The highest BCUT2D eigenvalue weighted by atomic mass is 79.9. The third-order valence-electron chi connectivity index (χ3n) is 1.35. The molecular weight excluding hydrogens is 196 g/mol. The van der Waals surface area contributed by atoms with Crippen LogP contribution in [0.4, 0.5) is 0 Å². The molecule has 1 rings (SSSR count). The zero-order chi connectivity index (χ0) is 7.56. The molecule has 0 fully saturated rings. The average Bonchev–Trinajstić information content (AvgIpc) is 2.34. The molecule has 4 heteroatoms. The van der Waals surface area contributed by atoms with Crippen molar-refractivity contribution >= 4 is 15.9 Å². The van der Waals surface area contributed by atoms with E-state index in [1.165, 1.54) is 0 Å². The standard InChI is InChI=1S/C6H9BrN2O/c1-9-5(2-3-8-9)6(10)4-7/h2-3,6,10H,4H2,1H3. The lowest BCUT2D eigenvalue weighted by molar-refractivity contribution is 0.195. The monoisotopic (exact) mass is 204 g/mol. The molecule has 0 radical (unpaired) electrons. The number of hydrogen-bond donors (Lipinski definition) is 1. The number of aliphatic hydroxyl groups excluding tert-OH is 1. The number of nitrogens with zero attached hydrogens (tertiary/aromatic N) is 2. The van der Waals surface area contributed by atoms with Crippen LogP contribution in [-0.4, -0.2) is 20.2 Å². The summed E-state index contributed by atoms with van der Waals surface area (Å²) >= 11 is 3.18. The van der Waals surface area contributed by atoms with Crippen molar-refractivity contribution in [2.45, 2.75) is 6.10 Å². The highest BCUT2D eigenvalue weighted by Gasteiger charge is 2.07. The number of hydrogen-bond acceptors (Lipinski definition) is 2. The molecule has 0 spiro atoms. The second kappa shape index (κ2) is 3.16. The number of aliphatic hydroxyl groups is 1. The fourth-order valence-corrected chi connectivity index (χ4v) is 1.12. The van der Waals surface area contributed by atoms with E-state index < -0.39 is 6.10 Å². The Hall–Kier alpha value is -0.350. The fraction of sp³-hybridized carbons (Fsp3) is 0.500. The number of alkyl halides is 1. The van der Waals surface area contributed by atoms with Crippen molar-refractivity contribution in [3.63, 3.8) is 0 Å². The van der Waals surface area contributed by atoms with Gasteiger partial charge in [-0.25, -0.2) is 0 Å². The summed E-state index contributed by atoms with van der Waals surface area (Å²) in [6, 6.07) is 1.80. The summed E-state index contributed by atoms with van der Waals surface area (Å²) in [6.45, 7) is 0. The molecule has 0 aliphatic heterocycles. The molecule has 0 aromatic carbocycles. The summed E-state index contributed by atoms with van der Waals surface area (Å²) < 4.78 is 1.66. The molecule has 1 N–H and O–H groups in total. The Balaban J connectivity index is 2.82.